The van der Waals surface area contributed by atoms with E-state index in [0.717, 1.165) is 0 Å². The van der Waals surface area contributed by atoms with Gasteiger partial charge in [0.2, 0.25) is 0 Å². The van der Waals surface area contributed by atoms with Crippen molar-refractivity contribution >= 4 is 15.8 Å². The van der Waals surface area contributed by atoms with Gasteiger partial charge in [0.15, 0.2) is 15.5 Å². The van der Waals surface area contributed by atoms with Crippen molar-refractivity contribution in [3.8, 4) is 0 Å². The zero-order valence-corrected chi connectivity index (χ0v) is 8.53. The third-order valence-corrected chi connectivity index (χ3v) is 4.15. The lowest BCUT2D eigenvalue weighted by atomic mass is 10.1. The zero-order valence-electron chi connectivity index (χ0n) is 7.71. The molecule has 2 heterocycles. The first-order valence-corrected chi connectivity index (χ1v) is 6.20. The third kappa shape index (κ3) is 2.01. The van der Waals surface area contributed by atoms with E-state index in [1.807, 2.05) is 0 Å². The summed E-state index contributed by atoms with van der Waals surface area (Å²) in [4.78, 5) is 10.5. The van der Waals surface area contributed by atoms with Crippen molar-refractivity contribution in [2.75, 3.05) is 11.5 Å². The highest BCUT2D eigenvalue weighted by Crippen LogP contribution is 2.29. The van der Waals surface area contributed by atoms with Gasteiger partial charge in [-0.15, -0.1) is 0 Å². The minimum absolute atomic E-state index is 0.0151. The Bertz CT molecular complexity index is 489. The molecule has 1 unspecified atom stereocenters. The smallest absolute Gasteiger partial charge is 0.358 e. The number of carboxylic acids is 1. The fraction of sp³-hybridized carbons (Fsp3) is 0.500. The molecule has 1 atom stereocenters. The van der Waals surface area contributed by atoms with E-state index in [1.54, 1.807) is 0 Å². The standard InChI is InChI=1S/C8H9NO5S/c10-8(11)6-3-7(14-9-6)5-1-2-15(12,13)4-5/h3,5H,1-2,4H2,(H,10,11). The Balaban J connectivity index is 2.21. The Morgan fingerprint density at radius 2 is 2.33 bits per heavy atom. The second kappa shape index (κ2) is 3.34. The van der Waals surface area contributed by atoms with Gasteiger partial charge in [-0.2, -0.15) is 0 Å². The van der Waals surface area contributed by atoms with Gasteiger partial charge in [0.25, 0.3) is 0 Å². The molecule has 1 aromatic rings. The van der Waals surface area contributed by atoms with Crippen LogP contribution in [0.5, 0.6) is 0 Å². The molecule has 7 heteroatoms. The van der Waals surface area contributed by atoms with E-state index < -0.39 is 15.8 Å². The SMILES string of the molecule is O=C(O)c1cc(C2CCS(=O)(=O)C2)on1. The van der Waals surface area contributed by atoms with Gasteiger partial charge in [-0.1, -0.05) is 5.16 Å². The minimum atomic E-state index is -2.99. The molecule has 0 spiro atoms. The first-order valence-electron chi connectivity index (χ1n) is 4.38. The van der Waals surface area contributed by atoms with Crippen molar-refractivity contribution < 1.29 is 22.8 Å². The normalized spacial score (nSPS) is 24.1. The summed E-state index contributed by atoms with van der Waals surface area (Å²) in [6.45, 7) is 0. The van der Waals surface area contributed by atoms with Crippen molar-refractivity contribution in [2.45, 2.75) is 12.3 Å². The molecule has 0 aliphatic carbocycles. The lowest BCUT2D eigenvalue weighted by Crippen LogP contribution is -2.03. The van der Waals surface area contributed by atoms with E-state index in [0.29, 0.717) is 12.2 Å². The maximum absolute atomic E-state index is 11.2. The van der Waals surface area contributed by atoms with Gasteiger partial charge in [0.05, 0.1) is 11.5 Å². The molecule has 1 fully saturated rings. The van der Waals surface area contributed by atoms with Crippen LogP contribution in [0.3, 0.4) is 0 Å². The molecule has 0 aromatic carbocycles. The van der Waals surface area contributed by atoms with Crippen LogP contribution in [0.4, 0.5) is 0 Å². The average molecular weight is 231 g/mol. The lowest BCUT2D eigenvalue weighted by molar-refractivity contribution is 0.0685. The van der Waals surface area contributed by atoms with Gasteiger partial charge in [0.1, 0.15) is 5.76 Å². The fourth-order valence-corrected chi connectivity index (χ4v) is 3.36. The van der Waals surface area contributed by atoms with Crippen LogP contribution in [-0.4, -0.2) is 36.2 Å². The average Bonchev–Trinajstić information content (AvgIpc) is 2.70. The molecule has 15 heavy (non-hydrogen) atoms. The number of sulfone groups is 1. The van der Waals surface area contributed by atoms with Crippen molar-refractivity contribution in [1.29, 1.82) is 0 Å². The van der Waals surface area contributed by atoms with E-state index in [1.165, 1.54) is 6.07 Å². The Kier molecular flexibility index (Phi) is 2.26. The summed E-state index contributed by atoms with van der Waals surface area (Å²) < 4.78 is 27.2. The molecule has 0 radical (unpaired) electrons. The maximum Gasteiger partial charge on any atom is 0.358 e. The third-order valence-electron chi connectivity index (χ3n) is 2.38. The number of hydrogen-bond acceptors (Lipinski definition) is 5. The highest BCUT2D eigenvalue weighted by atomic mass is 32.2. The highest BCUT2D eigenvalue weighted by Gasteiger charge is 2.32. The van der Waals surface area contributed by atoms with Crippen molar-refractivity contribution in [2.24, 2.45) is 0 Å². The van der Waals surface area contributed by atoms with Crippen LogP contribution in [0.1, 0.15) is 28.6 Å². The molecule has 1 aliphatic rings. The second-order valence-corrected chi connectivity index (χ2v) is 5.75. The number of nitrogens with zero attached hydrogens (tertiary/aromatic N) is 1. The van der Waals surface area contributed by atoms with E-state index in [-0.39, 0.29) is 23.1 Å². The van der Waals surface area contributed by atoms with Crippen molar-refractivity contribution in [1.82, 2.24) is 5.16 Å². The van der Waals surface area contributed by atoms with Gasteiger partial charge in [-0.25, -0.2) is 13.2 Å². The molecular weight excluding hydrogens is 222 g/mol. The molecule has 0 saturated carbocycles. The van der Waals surface area contributed by atoms with E-state index >= 15 is 0 Å². The maximum atomic E-state index is 11.2. The molecule has 1 N–H and O–H groups in total. The number of carbonyl (C=O) groups is 1. The van der Waals surface area contributed by atoms with Gasteiger partial charge in [-0.3, -0.25) is 0 Å². The first-order chi connectivity index (χ1) is 6.98. The van der Waals surface area contributed by atoms with Crippen LogP contribution in [0, 0.1) is 0 Å². The molecular formula is C8H9NO5S. The Labute approximate surface area is 85.8 Å². The highest BCUT2D eigenvalue weighted by molar-refractivity contribution is 7.91. The van der Waals surface area contributed by atoms with Crippen LogP contribution in [0.2, 0.25) is 0 Å². The number of carboxylic acid groups (broad SMARTS) is 1. The predicted octanol–water partition coefficient (Wildman–Crippen LogP) is 0.275. The molecule has 2 rings (SSSR count). The number of aromatic carboxylic acids is 1. The summed E-state index contributed by atoms with van der Waals surface area (Å²) in [7, 11) is -2.99. The molecule has 0 bridgehead atoms. The van der Waals surface area contributed by atoms with Gasteiger partial charge in [-0.05, 0) is 6.42 Å². The van der Waals surface area contributed by atoms with Gasteiger partial charge >= 0.3 is 5.97 Å². The Morgan fingerprint density at radius 1 is 1.60 bits per heavy atom. The van der Waals surface area contributed by atoms with Crippen LogP contribution in [0.15, 0.2) is 10.6 Å². The number of aromatic nitrogens is 1. The lowest BCUT2D eigenvalue weighted by Gasteiger charge is -1.99. The van der Waals surface area contributed by atoms with Crippen LogP contribution < -0.4 is 0 Å². The van der Waals surface area contributed by atoms with Gasteiger partial charge < -0.3 is 9.63 Å². The molecule has 1 aliphatic heterocycles. The molecule has 82 valence electrons. The Hall–Kier alpha value is -1.37. The quantitative estimate of drug-likeness (QED) is 0.784. The first kappa shape index (κ1) is 10.2. The summed E-state index contributed by atoms with van der Waals surface area (Å²) in [6.07, 6.45) is 0.469. The predicted molar refractivity (Wildman–Crippen MR) is 49.5 cm³/mol. The van der Waals surface area contributed by atoms with E-state index in [4.69, 9.17) is 9.63 Å². The van der Waals surface area contributed by atoms with Crippen LogP contribution in [-0.2, 0) is 9.84 Å². The summed E-state index contributed by atoms with van der Waals surface area (Å²) in [5, 5.41) is 11.9. The fourth-order valence-electron chi connectivity index (χ4n) is 1.60. The van der Waals surface area contributed by atoms with Crippen LogP contribution >= 0.6 is 0 Å². The summed E-state index contributed by atoms with van der Waals surface area (Å²) in [6, 6.07) is 1.29. The van der Waals surface area contributed by atoms with Crippen molar-refractivity contribution in [3.63, 3.8) is 0 Å². The molecule has 6 nitrogen and oxygen atoms in total. The summed E-state index contributed by atoms with van der Waals surface area (Å²) in [5.41, 5.74) is -0.186. The Morgan fingerprint density at radius 3 is 2.80 bits per heavy atom. The monoisotopic (exact) mass is 231 g/mol. The molecule has 1 saturated heterocycles. The number of hydrogen-bond donors (Lipinski definition) is 1. The molecule has 0 amide bonds. The summed E-state index contributed by atoms with van der Waals surface area (Å²) in [5.74, 6) is -0.947. The largest absolute Gasteiger partial charge is 0.476 e. The van der Waals surface area contributed by atoms with E-state index in [2.05, 4.69) is 5.16 Å². The van der Waals surface area contributed by atoms with E-state index in [9.17, 15) is 13.2 Å². The number of rotatable bonds is 2. The zero-order chi connectivity index (χ0) is 11.1. The summed E-state index contributed by atoms with van der Waals surface area (Å²) >= 11 is 0. The van der Waals surface area contributed by atoms with Crippen LogP contribution in [0.25, 0.3) is 0 Å². The van der Waals surface area contributed by atoms with Gasteiger partial charge in [0, 0.05) is 12.0 Å². The second-order valence-electron chi connectivity index (χ2n) is 3.52. The minimum Gasteiger partial charge on any atom is -0.476 e. The molecule has 1 aromatic heterocycles. The topological polar surface area (TPSA) is 97.5 Å². The van der Waals surface area contributed by atoms with Crippen molar-refractivity contribution in [3.05, 3.63) is 17.5 Å².